The Hall–Kier alpha value is -1.31. The average Bonchev–Trinajstić information content (AvgIpc) is 2.65. The van der Waals surface area contributed by atoms with Gasteiger partial charge in [-0.15, -0.1) is 0 Å². The minimum absolute atomic E-state index is 0.0168. The molecule has 2 N–H and O–H groups in total. The molecule has 0 aliphatic heterocycles. The molecule has 0 atom stereocenters. The van der Waals surface area contributed by atoms with Crippen LogP contribution in [0.1, 0.15) is 11.3 Å². The largest absolute Gasteiger partial charge is 0.315 e. The molecule has 2 rings (SSSR count). The maximum absolute atomic E-state index is 12.2. The minimum Gasteiger partial charge on any atom is -0.315 e. The normalized spacial score (nSPS) is 11.5. The molecule has 19 heavy (non-hydrogen) atoms. The number of sulfonamides is 1. The summed E-state index contributed by atoms with van der Waals surface area (Å²) in [4.78, 5) is 13.2. The molecule has 0 fully saturated rings. The molecule has 5 nitrogen and oxygen atoms in total. The summed E-state index contributed by atoms with van der Waals surface area (Å²) in [5, 5.41) is 0.471. The minimum atomic E-state index is -3.78. The Morgan fingerprint density at radius 1 is 1.32 bits per heavy atom. The van der Waals surface area contributed by atoms with E-state index in [1.807, 2.05) is 0 Å². The van der Waals surface area contributed by atoms with Crippen LogP contribution in [0.3, 0.4) is 0 Å². The molecule has 1 aromatic heterocycles. The van der Waals surface area contributed by atoms with Crippen molar-refractivity contribution in [2.45, 2.75) is 18.1 Å². The SMILES string of the molecule is Cc1[nH]c(=O)sc1S(=O)(=O)Nc1cccc(Cl)c1C. The maximum Gasteiger partial charge on any atom is 0.306 e. The van der Waals surface area contributed by atoms with E-state index in [1.54, 1.807) is 25.1 Å². The molecular formula is C11H11ClN2O3S2. The molecule has 0 bridgehead atoms. The lowest BCUT2D eigenvalue weighted by molar-refractivity contribution is 0.602. The van der Waals surface area contributed by atoms with Gasteiger partial charge in [0.15, 0.2) is 4.21 Å². The van der Waals surface area contributed by atoms with E-state index in [-0.39, 0.29) is 4.21 Å². The third kappa shape index (κ3) is 2.83. The number of aryl methyl sites for hydroxylation is 1. The monoisotopic (exact) mass is 318 g/mol. The topological polar surface area (TPSA) is 79.0 Å². The predicted molar refractivity (Wildman–Crippen MR) is 76.7 cm³/mol. The molecule has 0 amide bonds. The highest BCUT2D eigenvalue weighted by molar-refractivity contribution is 7.94. The zero-order chi connectivity index (χ0) is 14.2. The van der Waals surface area contributed by atoms with Gasteiger partial charge >= 0.3 is 4.87 Å². The number of benzene rings is 1. The lowest BCUT2D eigenvalue weighted by atomic mass is 10.2. The van der Waals surface area contributed by atoms with E-state index >= 15 is 0 Å². The highest BCUT2D eigenvalue weighted by Crippen LogP contribution is 2.26. The van der Waals surface area contributed by atoms with Gasteiger partial charge in [-0.2, -0.15) is 0 Å². The maximum atomic E-state index is 12.2. The fourth-order valence-corrected chi connectivity index (χ4v) is 4.16. The molecule has 1 aromatic carbocycles. The van der Waals surface area contributed by atoms with Crippen molar-refractivity contribution in [3.05, 3.63) is 44.1 Å². The molecule has 0 aliphatic carbocycles. The van der Waals surface area contributed by atoms with Gasteiger partial charge in [0.2, 0.25) is 0 Å². The van der Waals surface area contributed by atoms with Gasteiger partial charge < -0.3 is 4.98 Å². The van der Waals surface area contributed by atoms with Crippen molar-refractivity contribution in [2.24, 2.45) is 0 Å². The number of aromatic nitrogens is 1. The van der Waals surface area contributed by atoms with Crippen LogP contribution >= 0.6 is 22.9 Å². The Kier molecular flexibility index (Phi) is 3.71. The van der Waals surface area contributed by atoms with Gasteiger partial charge in [0.1, 0.15) is 0 Å². The van der Waals surface area contributed by atoms with Crippen LogP contribution < -0.4 is 9.60 Å². The lowest BCUT2D eigenvalue weighted by Gasteiger charge is -2.10. The summed E-state index contributed by atoms with van der Waals surface area (Å²) in [6.45, 7) is 3.25. The number of hydrogen-bond acceptors (Lipinski definition) is 4. The second-order valence-electron chi connectivity index (χ2n) is 3.94. The summed E-state index contributed by atoms with van der Waals surface area (Å²) >= 11 is 6.59. The highest BCUT2D eigenvalue weighted by Gasteiger charge is 2.21. The van der Waals surface area contributed by atoms with Crippen LogP contribution in [0, 0.1) is 13.8 Å². The van der Waals surface area contributed by atoms with Crippen molar-refractivity contribution in [1.82, 2.24) is 4.98 Å². The summed E-state index contributed by atoms with van der Waals surface area (Å²) in [6, 6.07) is 4.94. The number of H-pyrrole nitrogens is 1. The van der Waals surface area contributed by atoms with Crippen molar-refractivity contribution in [1.29, 1.82) is 0 Å². The molecule has 0 unspecified atom stereocenters. The highest BCUT2D eigenvalue weighted by atomic mass is 35.5. The first kappa shape index (κ1) is 14.1. The number of aromatic amines is 1. The van der Waals surface area contributed by atoms with Crippen LogP contribution in [-0.2, 0) is 10.0 Å². The fraction of sp³-hybridized carbons (Fsp3) is 0.182. The van der Waals surface area contributed by atoms with Crippen LogP contribution in [0.15, 0.2) is 27.2 Å². The quantitative estimate of drug-likeness (QED) is 0.912. The molecule has 2 aromatic rings. The van der Waals surface area contributed by atoms with Crippen molar-refractivity contribution < 1.29 is 8.42 Å². The van der Waals surface area contributed by atoms with E-state index < -0.39 is 14.9 Å². The van der Waals surface area contributed by atoms with Gasteiger partial charge in [-0.25, -0.2) is 8.42 Å². The predicted octanol–water partition coefficient (Wildman–Crippen LogP) is 2.51. The van der Waals surface area contributed by atoms with Gasteiger partial charge in [-0.1, -0.05) is 29.0 Å². The van der Waals surface area contributed by atoms with E-state index in [1.165, 1.54) is 6.92 Å². The van der Waals surface area contributed by atoms with Crippen LogP contribution in [0.5, 0.6) is 0 Å². The average molecular weight is 319 g/mol. The molecular weight excluding hydrogens is 308 g/mol. The molecule has 0 radical (unpaired) electrons. The van der Waals surface area contributed by atoms with Crippen LogP contribution in [0.25, 0.3) is 0 Å². The second-order valence-corrected chi connectivity index (χ2v) is 7.21. The summed E-state index contributed by atoms with van der Waals surface area (Å²) in [7, 11) is -3.78. The summed E-state index contributed by atoms with van der Waals surface area (Å²) < 4.78 is 26.8. The van der Waals surface area contributed by atoms with Crippen LogP contribution in [0.4, 0.5) is 5.69 Å². The molecule has 1 heterocycles. The van der Waals surface area contributed by atoms with E-state index in [0.717, 1.165) is 0 Å². The van der Waals surface area contributed by atoms with E-state index in [2.05, 4.69) is 9.71 Å². The zero-order valence-electron chi connectivity index (χ0n) is 10.2. The van der Waals surface area contributed by atoms with Crippen LogP contribution in [0.2, 0.25) is 5.02 Å². The Labute approximate surface area is 119 Å². The molecule has 8 heteroatoms. The molecule has 0 spiro atoms. The van der Waals surface area contributed by atoms with Crippen molar-refractivity contribution in [3.8, 4) is 0 Å². The Balaban J connectivity index is 2.45. The van der Waals surface area contributed by atoms with E-state index in [9.17, 15) is 13.2 Å². The first-order valence-electron chi connectivity index (χ1n) is 5.29. The number of thiazole rings is 1. The number of rotatable bonds is 3. The van der Waals surface area contributed by atoms with Crippen molar-refractivity contribution >= 4 is 38.6 Å². The summed E-state index contributed by atoms with van der Waals surface area (Å²) in [5.41, 5.74) is 1.35. The van der Waals surface area contributed by atoms with Crippen molar-refractivity contribution in [2.75, 3.05) is 4.72 Å². The van der Waals surface area contributed by atoms with Gasteiger partial charge in [0.05, 0.1) is 5.69 Å². The molecule has 0 aliphatic rings. The Morgan fingerprint density at radius 3 is 2.58 bits per heavy atom. The third-order valence-electron chi connectivity index (χ3n) is 2.54. The smallest absolute Gasteiger partial charge is 0.306 e. The number of hydrogen-bond donors (Lipinski definition) is 2. The Bertz CT molecular complexity index is 777. The molecule has 0 saturated heterocycles. The van der Waals surface area contributed by atoms with Gasteiger partial charge in [0, 0.05) is 10.7 Å². The molecule has 0 saturated carbocycles. The van der Waals surface area contributed by atoms with Gasteiger partial charge in [-0.05, 0) is 31.5 Å². The third-order valence-corrected chi connectivity index (χ3v) is 5.92. The van der Waals surface area contributed by atoms with E-state index in [0.29, 0.717) is 33.3 Å². The second kappa shape index (κ2) is 4.99. The summed E-state index contributed by atoms with van der Waals surface area (Å²) in [5.74, 6) is 0. The van der Waals surface area contributed by atoms with Crippen molar-refractivity contribution in [3.63, 3.8) is 0 Å². The molecule has 102 valence electrons. The first-order chi connectivity index (χ1) is 8.81. The zero-order valence-corrected chi connectivity index (χ0v) is 12.5. The lowest BCUT2D eigenvalue weighted by Crippen LogP contribution is -2.13. The van der Waals surface area contributed by atoms with Gasteiger partial charge in [0.25, 0.3) is 10.0 Å². The number of halogens is 1. The standard InChI is InChI=1S/C11H11ClN2O3S2/c1-6-8(12)4-3-5-9(6)14-19(16,17)10-7(2)13-11(15)18-10/h3-5,14H,1-2H3,(H,13,15). The Morgan fingerprint density at radius 2 is 2.00 bits per heavy atom. The number of nitrogens with one attached hydrogen (secondary N) is 2. The van der Waals surface area contributed by atoms with Gasteiger partial charge in [-0.3, -0.25) is 9.52 Å². The fourth-order valence-electron chi connectivity index (χ4n) is 1.56. The first-order valence-corrected chi connectivity index (χ1v) is 7.96. The number of anilines is 1. The summed E-state index contributed by atoms with van der Waals surface area (Å²) in [6.07, 6.45) is 0. The van der Waals surface area contributed by atoms with Crippen LogP contribution in [-0.4, -0.2) is 13.4 Å². The van der Waals surface area contributed by atoms with E-state index in [4.69, 9.17) is 11.6 Å².